The predicted molar refractivity (Wildman–Crippen MR) is 81.0 cm³/mol. The van der Waals surface area contributed by atoms with Crippen LogP contribution in [0.5, 0.6) is 0 Å². The van der Waals surface area contributed by atoms with Gasteiger partial charge in [-0.05, 0) is 42.5 Å². The van der Waals surface area contributed by atoms with E-state index in [0.29, 0.717) is 12.3 Å². The number of hydrogen-bond acceptors (Lipinski definition) is 2. The molecule has 0 atom stereocenters. The van der Waals surface area contributed by atoms with Crippen LogP contribution in [0.15, 0.2) is 30.3 Å². The number of rotatable bonds is 5. The Bertz CT molecular complexity index is 488. The van der Waals surface area contributed by atoms with Crippen molar-refractivity contribution in [2.75, 3.05) is 5.32 Å². The molecule has 1 aromatic rings. The molecule has 1 fully saturated rings. The minimum Gasteiger partial charge on any atom is -0.326 e. The lowest BCUT2D eigenvalue weighted by molar-refractivity contribution is -0.117. The highest BCUT2D eigenvalue weighted by molar-refractivity contribution is 5.93. The van der Waals surface area contributed by atoms with Gasteiger partial charge in [0.1, 0.15) is 0 Å². The molecule has 1 aliphatic carbocycles. The van der Waals surface area contributed by atoms with Gasteiger partial charge in [0.25, 0.3) is 0 Å². The fourth-order valence-electron chi connectivity index (χ4n) is 2.73. The summed E-state index contributed by atoms with van der Waals surface area (Å²) in [4.78, 5) is 22.4. The van der Waals surface area contributed by atoms with Crippen LogP contribution in [0.1, 0.15) is 44.1 Å². The van der Waals surface area contributed by atoms with Crippen LogP contribution in [0.3, 0.4) is 0 Å². The van der Waals surface area contributed by atoms with Crippen molar-refractivity contribution in [3.05, 3.63) is 35.9 Å². The SMILES string of the molecule is O=[C]/C=C/c1ccccc1NC(=O)CC1CCCCC1. The van der Waals surface area contributed by atoms with Gasteiger partial charge in [0.15, 0.2) is 0 Å². The second kappa shape index (κ2) is 7.63. The molecule has 0 aliphatic heterocycles. The van der Waals surface area contributed by atoms with Crippen molar-refractivity contribution in [3.8, 4) is 0 Å². The topological polar surface area (TPSA) is 46.2 Å². The average molecular weight is 270 g/mol. The molecule has 0 heterocycles. The summed E-state index contributed by atoms with van der Waals surface area (Å²) in [7, 11) is 0. The minimum absolute atomic E-state index is 0.0628. The van der Waals surface area contributed by atoms with Crippen LogP contribution >= 0.6 is 0 Å². The molecule has 2 rings (SSSR count). The van der Waals surface area contributed by atoms with Gasteiger partial charge >= 0.3 is 0 Å². The minimum atomic E-state index is 0.0628. The average Bonchev–Trinajstić information content (AvgIpc) is 2.47. The fraction of sp³-hybridized carbons (Fsp3) is 0.412. The molecule has 0 bridgehead atoms. The summed E-state index contributed by atoms with van der Waals surface area (Å²) < 4.78 is 0. The number of carbonyl (C=O) groups is 1. The van der Waals surface area contributed by atoms with Gasteiger partial charge in [0.05, 0.1) is 0 Å². The molecule has 1 aliphatic rings. The van der Waals surface area contributed by atoms with Crippen LogP contribution in [0.25, 0.3) is 6.08 Å². The van der Waals surface area contributed by atoms with Gasteiger partial charge in [-0.1, -0.05) is 37.5 Å². The Morgan fingerprint density at radius 3 is 2.75 bits per heavy atom. The zero-order chi connectivity index (χ0) is 14.2. The lowest BCUT2D eigenvalue weighted by Crippen LogP contribution is -2.18. The van der Waals surface area contributed by atoms with Crippen molar-refractivity contribution < 1.29 is 9.59 Å². The van der Waals surface area contributed by atoms with Crippen LogP contribution < -0.4 is 5.32 Å². The van der Waals surface area contributed by atoms with Crippen LogP contribution in [-0.2, 0) is 9.59 Å². The Balaban J connectivity index is 1.96. The Hall–Kier alpha value is -1.90. The number of para-hydroxylation sites is 1. The van der Waals surface area contributed by atoms with Gasteiger partial charge in [-0.15, -0.1) is 0 Å². The lowest BCUT2D eigenvalue weighted by Gasteiger charge is -2.21. The summed E-state index contributed by atoms with van der Waals surface area (Å²) in [6, 6.07) is 7.47. The van der Waals surface area contributed by atoms with Gasteiger partial charge in [0.2, 0.25) is 12.2 Å². The van der Waals surface area contributed by atoms with Gasteiger partial charge in [-0.25, -0.2) is 0 Å². The van der Waals surface area contributed by atoms with Gasteiger partial charge < -0.3 is 5.32 Å². The Morgan fingerprint density at radius 1 is 1.25 bits per heavy atom. The molecule has 0 unspecified atom stereocenters. The summed E-state index contributed by atoms with van der Waals surface area (Å²) in [5.74, 6) is 0.586. The molecule has 1 amide bonds. The molecule has 0 spiro atoms. The number of hydrogen-bond donors (Lipinski definition) is 1. The van der Waals surface area contributed by atoms with Gasteiger partial charge in [-0.2, -0.15) is 0 Å². The van der Waals surface area contributed by atoms with Gasteiger partial charge in [0, 0.05) is 12.1 Å². The summed E-state index contributed by atoms with van der Waals surface area (Å²) in [6.07, 6.45) is 11.4. The largest absolute Gasteiger partial charge is 0.326 e. The van der Waals surface area contributed by atoms with E-state index in [1.54, 1.807) is 12.4 Å². The van der Waals surface area contributed by atoms with E-state index in [1.165, 1.54) is 25.3 Å². The standard InChI is InChI=1S/C17H20NO2/c19-12-6-10-15-9-4-5-11-16(15)18-17(20)13-14-7-2-1-3-8-14/h4-6,9-11,14H,1-3,7-8,13H2,(H,18,20)/b10-6+. The van der Waals surface area contributed by atoms with Crippen LogP contribution in [0, 0.1) is 5.92 Å². The van der Waals surface area contributed by atoms with E-state index in [-0.39, 0.29) is 5.91 Å². The number of allylic oxidation sites excluding steroid dienone is 1. The van der Waals surface area contributed by atoms with E-state index < -0.39 is 0 Å². The molecule has 0 saturated heterocycles. The molecule has 1 radical (unpaired) electrons. The quantitative estimate of drug-likeness (QED) is 0.829. The predicted octanol–water partition coefficient (Wildman–Crippen LogP) is 3.72. The molecule has 1 N–H and O–H groups in total. The van der Waals surface area contributed by atoms with Gasteiger partial charge in [-0.3, -0.25) is 9.59 Å². The van der Waals surface area contributed by atoms with Crippen molar-refractivity contribution in [1.82, 2.24) is 0 Å². The summed E-state index contributed by atoms with van der Waals surface area (Å²) in [6.45, 7) is 0. The second-order valence-electron chi connectivity index (χ2n) is 5.29. The maximum Gasteiger partial charge on any atom is 0.225 e. The van der Waals surface area contributed by atoms with E-state index in [0.717, 1.165) is 24.1 Å². The normalized spacial score (nSPS) is 16.2. The first-order valence-corrected chi connectivity index (χ1v) is 7.22. The summed E-state index contributed by atoms with van der Waals surface area (Å²) in [5, 5.41) is 2.95. The van der Waals surface area contributed by atoms with Crippen molar-refractivity contribution in [2.45, 2.75) is 38.5 Å². The van der Waals surface area contributed by atoms with Crippen LogP contribution in [-0.4, -0.2) is 12.2 Å². The first-order valence-electron chi connectivity index (χ1n) is 7.22. The molecule has 20 heavy (non-hydrogen) atoms. The number of nitrogens with one attached hydrogen (secondary N) is 1. The van der Waals surface area contributed by atoms with Crippen molar-refractivity contribution in [1.29, 1.82) is 0 Å². The highest BCUT2D eigenvalue weighted by Gasteiger charge is 2.17. The molecule has 1 saturated carbocycles. The molecule has 105 valence electrons. The highest BCUT2D eigenvalue weighted by Crippen LogP contribution is 2.27. The number of amides is 1. The van der Waals surface area contributed by atoms with Crippen LogP contribution in [0.2, 0.25) is 0 Å². The van der Waals surface area contributed by atoms with E-state index in [2.05, 4.69) is 5.32 Å². The molecular weight excluding hydrogens is 250 g/mol. The Kier molecular flexibility index (Phi) is 5.54. The monoisotopic (exact) mass is 270 g/mol. The Morgan fingerprint density at radius 2 is 2.00 bits per heavy atom. The first kappa shape index (κ1) is 14.5. The van der Waals surface area contributed by atoms with E-state index in [4.69, 9.17) is 0 Å². The third-order valence-electron chi connectivity index (χ3n) is 3.76. The Labute approximate surface area is 120 Å². The molecule has 3 nitrogen and oxygen atoms in total. The summed E-state index contributed by atoms with van der Waals surface area (Å²) in [5.41, 5.74) is 1.58. The summed E-state index contributed by atoms with van der Waals surface area (Å²) >= 11 is 0. The second-order valence-corrected chi connectivity index (χ2v) is 5.29. The van der Waals surface area contributed by atoms with Crippen molar-refractivity contribution in [2.24, 2.45) is 5.92 Å². The maximum atomic E-state index is 12.1. The molecule has 0 aromatic heterocycles. The number of carbonyl (C=O) groups excluding carboxylic acids is 2. The smallest absolute Gasteiger partial charge is 0.225 e. The van der Waals surface area contributed by atoms with Crippen LogP contribution in [0.4, 0.5) is 5.69 Å². The van der Waals surface area contributed by atoms with E-state index in [9.17, 15) is 9.59 Å². The maximum absolute atomic E-state index is 12.1. The van der Waals surface area contributed by atoms with E-state index >= 15 is 0 Å². The third kappa shape index (κ3) is 4.34. The zero-order valence-corrected chi connectivity index (χ0v) is 11.6. The van der Waals surface area contributed by atoms with Crippen molar-refractivity contribution in [3.63, 3.8) is 0 Å². The zero-order valence-electron chi connectivity index (χ0n) is 11.6. The molecule has 1 aromatic carbocycles. The highest BCUT2D eigenvalue weighted by atomic mass is 16.1. The fourth-order valence-corrected chi connectivity index (χ4v) is 2.73. The van der Waals surface area contributed by atoms with Crippen molar-refractivity contribution >= 4 is 24.0 Å². The molecular formula is C17H20NO2. The molecule has 3 heteroatoms. The van der Waals surface area contributed by atoms with E-state index in [1.807, 2.05) is 24.3 Å². The third-order valence-corrected chi connectivity index (χ3v) is 3.76. The first-order chi connectivity index (χ1) is 9.79. The number of benzene rings is 1. The number of anilines is 1. The lowest BCUT2D eigenvalue weighted by atomic mass is 9.87.